The van der Waals surface area contributed by atoms with Crippen molar-refractivity contribution in [3.8, 4) is 11.1 Å². The minimum atomic E-state index is 0.938. The average molecular weight is 344 g/mol. The minimum absolute atomic E-state index is 0.938. The lowest BCUT2D eigenvalue weighted by molar-refractivity contribution is 1.20. The van der Waals surface area contributed by atoms with Gasteiger partial charge in [0.25, 0.3) is 0 Å². The summed E-state index contributed by atoms with van der Waals surface area (Å²) < 4.78 is 0. The van der Waals surface area contributed by atoms with Crippen LogP contribution in [-0.2, 0) is 6.42 Å². The maximum absolute atomic E-state index is 2.31. The van der Waals surface area contributed by atoms with Crippen molar-refractivity contribution in [3.63, 3.8) is 0 Å². The largest absolute Gasteiger partial charge is 0.0622 e. The van der Waals surface area contributed by atoms with Gasteiger partial charge >= 0.3 is 0 Å². The van der Waals surface area contributed by atoms with Crippen LogP contribution in [0.5, 0.6) is 0 Å². The summed E-state index contributed by atoms with van der Waals surface area (Å²) in [5.74, 6) is 0. The molecule has 0 aliphatic carbocycles. The van der Waals surface area contributed by atoms with Crippen molar-refractivity contribution < 1.29 is 0 Å². The second kappa shape index (κ2) is 6.74. The number of rotatable bonds is 3. The number of hydrogen-bond acceptors (Lipinski definition) is 0. The summed E-state index contributed by atoms with van der Waals surface area (Å²) in [4.78, 5) is 0. The summed E-state index contributed by atoms with van der Waals surface area (Å²) in [6, 6.07) is 39.3. The normalized spacial score (nSPS) is 11.1. The first-order valence-corrected chi connectivity index (χ1v) is 9.43. The SMILES string of the molecule is c1ccc(Cc2ccc3c(ccc4ccccc43)c2-c2ccccc2)cc1. The highest BCUT2D eigenvalue weighted by Gasteiger charge is 2.12. The van der Waals surface area contributed by atoms with Crippen molar-refractivity contribution in [2.75, 3.05) is 0 Å². The van der Waals surface area contributed by atoms with E-state index in [0.717, 1.165) is 6.42 Å². The molecule has 0 radical (unpaired) electrons. The van der Waals surface area contributed by atoms with Crippen molar-refractivity contribution in [1.82, 2.24) is 0 Å². The molecule has 0 bridgehead atoms. The van der Waals surface area contributed by atoms with Gasteiger partial charge in [0.15, 0.2) is 0 Å². The molecule has 5 aromatic rings. The van der Waals surface area contributed by atoms with E-state index in [0.29, 0.717) is 0 Å². The van der Waals surface area contributed by atoms with E-state index in [9.17, 15) is 0 Å². The van der Waals surface area contributed by atoms with Crippen molar-refractivity contribution in [2.24, 2.45) is 0 Å². The highest BCUT2D eigenvalue weighted by atomic mass is 14.2. The fraction of sp³-hybridized carbons (Fsp3) is 0.0370. The predicted octanol–water partition coefficient (Wildman–Crippen LogP) is 7.25. The van der Waals surface area contributed by atoms with E-state index in [4.69, 9.17) is 0 Å². The van der Waals surface area contributed by atoms with E-state index in [1.165, 1.54) is 43.8 Å². The van der Waals surface area contributed by atoms with E-state index in [-0.39, 0.29) is 0 Å². The zero-order valence-electron chi connectivity index (χ0n) is 15.1. The Bertz CT molecular complexity index is 1220. The smallest absolute Gasteiger partial charge is 0.00194 e. The molecule has 0 heterocycles. The van der Waals surface area contributed by atoms with Gasteiger partial charge in [-0.3, -0.25) is 0 Å². The van der Waals surface area contributed by atoms with Gasteiger partial charge in [0, 0.05) is 0 Å². The Morgan fingerprint density at radius 2 is 1.11 bits per heavy atom. The van der Waals surface area contributed by atoms with Gasteiger partial charge in [-0.1, -0.05) is 109 Å². The molecule has 0 atom stereocenters. The van der Waals surface area contributed by atoms with E-state index in [1.807, 2.05) is 0 Å². The Kier molecular flexibility index (Phi) is 3.95. The van der Waals surface area contributed by atoms with Crippen LogP contribution in [0.2, 0.25) is 0 Å². The maximum Gasteiger partial charge on any atom is -0.00194 e. The molecular formula is C27H20. The topological polar surface area (TPSA) is 0 Å². The molecule has 5 aromatic carbocycles. The second-order valence-corrected chi connectivity index (χ2v) is 7.01. The van der Waals surface area contributed by atoms with E-state index >= 15 is 0 Å². The fourth-order valence-electron chi connectivity index (χ4n) is 4.04. The molecule has 5 rings (SSSR count). The van der Waals surface area contributed by atoms with Crippen LogP contribution < -0.4 is 0 Å². The van der Waals surface area contributed by atoms with Crippen LogP contribution in [0.15, 0.2) is 109 Å². The molecule has 0 saturated heterocycles. The summed E-state index contributed by atoms with van der Waals surface area (Å²) in [5.41, 5.74) is 5.34. The fourth-order valence-corrected chi connectivity index (χ4v) is 4.04. The van der Waals surface area contributed by atoms with Crippen LogP contribution in [0.1, 0.15) is 11.1 Å². The van der Waals surface area contributed by atoms with E-state index in [1.54, 1.807) is 0 Å². The molecule has 0 aromatic heterocycles. The Balaban J connectivity index is 1.81. The molecule has 0 spiro atoms. The lowest BCUT2D eigenvalue weighted by Crippen LogP contribution is -1.94. The molecule has 0 aliphatic rings. The van der Waals surface area contributed by atoms with Crippen molar-refractivity contribution in [2.45, 2.75) is 6.42 Å². The Labute approximate surface area is 159 Å². The molecule has 27 heavy (non-hydrogen) atoms. The van der Waals surface area contributed by atoms with Gasteiger partial charge < -0.3 is 0 Å². The van der Waals surface area contributed by atoms with Gasteiger partial charge in [-0.25, -0.2) is 0 Å². The maximum atomic E-state index is 2.31. The van der Waals surface area contributed by atoms with Gasteiger partial charge in [0.2, 0.25) is 0 Å². The number of hydrogen-bond donors (Lipinski definition) is 0. The minimum Gasteiger partial charge on any atom is -0.0622 e. The molecule has 0 heteroatoms. The summed E-state index contributed by atoms with van der Waals surface area (Å²) in [6.45, 7) is 0. The molecule has 0 saturated carbocycles. The molecular weight excluding hydrogens is 324 g/mol. The van der Waals surface area contributed by atoms with Gasteiger partial charge in [-0.15, -0.1) is 0 Å². The van der Waals surface area contributed by atoms with Crippen LogP contribution in [-0.4, -0.2) is 0 Å². The molecule has 0 unspecified atom stereocenters. The quantitative estimate of drug-likeness (QED) is 0.302. The molecule has 128 valence electrons. The van der Waals surface area contributed by atoms with Crippen molar-refractivity contribution in [3.05, 3.63) is 120 Å². The molecule has 0 N–H and O–H groups in total. The molecule has 0 aliphatic heterocycles. The lowest BCUT2D eigenvalue weighted by Gasteiger charge is -2.15. The highest BCUT2D eigenvalue weighted by Crippen LogP contribution is 2.36. The highest BCUT2D eigenvalue weighted by molar-refractivity contribution is 6.12. The Morgan fingerprint density at radius 3 is 1.93 bits per heavy atom. The van der Waals surface area contributed by atoms with Gasteiger partial charge in [-0.05, 0) is 50.2 Å². The third kappa shape index (κ3) is 2.90. The zero-order valence-corrected chi connectivity index (χ0v) is 15.1. The summed E-state index contributed by atoms with van der Waals surface area (Å²) >= 11 is 0. The Morgan fingerprint density at radius 1 is 0.444 bits per heavy atom. The second-order valence-electron chi connectivity index (χ2n) is 7.01. The summed E-state index contributed by atoms with van der Waals surface area (Å²) in [6.07, 6.45) is 0.938. The van der Waals surface area contributed by atoms with Crippen LogP contribution >= 0.6 is 0 Å². The van der Waals surface area contributed by atoms with Gasteiger partial charge in [-0.2, -0.15) is 0 Å². The first-order chi connectivity index (χ1) is 13.4. The molecule has 0 nitrogen and oxygen atoms in total. The third-order valence-electron chi connectivity index (χ3n) is 5.31. The van der Waals surface area contributed by atoms with Crippen LogP contribution in [0.25, 0.3) is 32.7 Å². The monoisotopic (exact) mass is 344 g/mol. The summed E-state index contributed by atoms with van der Waals surface area (Å²) in [7, 11) is 0. The van der Waals surface area contributed by atoms with Gasteiger partial charge in [0.1, 0.15) is 0 Å². The van der Waals surface area contributed by atoms with Crippen molar-refractivity contribution >= 4 is 21.5 Å². The van der Waals surface area contributed by atoms with Crippen LogP contribution in [0, 0.1) is 0 Å². The zero-order chi connectivity index (χ0) is 18.1. The molecule has 0 amide bonds. The van der Waals surface area contributed by atoms with Crippen molar-refractivity contribution in [1.29, 1.82) is 0 Å². The Hall–Kier alpha value is -3.38. The number of fused-ring (bicyclic) bond motifs is 3. The predicted molar refractivity (Wildman–Crippen MR) is 116 cm³/mol. The molecule has 0 fully saturated rings. The number of benzene rings is 5. The standard InChI is InChI=1S/C27H20/c1-3-9-20(10-4-1)19-23-16-17-25-24-14-8-7-11-21(24)15-18-26(25)27(23)22-12-5-2-6-13-22/h1-18H,19H2. The summed E-state index contributed by atoms with van der Waals surface area (Å²) in [5, 5.41) is 5.26. The first-order valence-electron chi connectivity index (χ1n) is 9.43. The first kappa shape index (κ1) is 15.8. The van der Waals surface area contributed by atoms with Gasteiger partial charge in [0.05, 0.1) is 0 Å². The van der Waals surface area contributed by atoms with E-state index in [2.05, 4.69) is 109 Å². The van der Waals surface area contributed by atoms with Crippen LogP contribution in [0.4, 0.5) is 0 Å². The van der Waals surface area contributed by atoms with E-state index < -0.39 is 0 Å². The average Bonchev–Trinajstić information content (AvgIpc) is 2.74. The lowest BCUT2D eigenvalue weighted by atomic mass is 9.88. The third-order valence-corrected chi connectivity index (χ3v) is 5.31. The van der Waals surface area contributed by atoms with Crippen LogP contribution in [0.3, 0.4) is 0 Å².